The Hall–Kier alpha value is -2.32. The number of rotatable bonds is 8. The minimum absolute atomic E-state index is 0.157. The van der Waals surface area contributed by atoms with E-state index in [1.54, 1.807) is 17.4 Å². The summed E-state index contributed by atoms with van der Waals surface area (Å²) in [6.45, 7) is 2.60. The van der Waals surface area contributed by atoms with E-state index in [1.165, 1.54) is 6.42 Å². The van der Waals surface area contributed by atoms with E-state index in [0.29, 0.717) is 6.61 Å². The highest BCUT2D eigenvalue weighted by molar-refractivity contribution is 7.03. The zero-order valence-electron chi connectivity index (χ0n) is 17.0. The van der Waals surface area contributed by atoms with Crippen LogP contribution in [0.3, 0.4) is 0 Å². The third-order valence-corrected chi connectivity index (χ3v) is 5.79. The van der Waals surface area contributed by atoms with Gasteiger partial charge in [-0.05, 0) is 36.9 Å². The molecule has 0 aliphatic heterocycles. The lowest BCUT2D eigenvalue weighted by atomic mass is 9.94. The summed E-state index contributed by atoms with van der Waals surface area (Å²) in [5.41, 5.74) is 2.11. The molecule has 0 saturated heterocycles. The molecule has 0 radical (unpaired) electrons. The van der Waals surface area contributed by atoms with Crippen molar-refractivity contribution in [1.82, 2.24) is 19.8 Å². The van der Waals surface area contributed by atoms with Gasteiger partial charge in [0.05, 0.1) is 6.61 Å². The van der Waals surface area contributed by atoms with Crippen LogP contribution in [0, 0.1) is 6.92 Å². The maximum absolute atomic E-state index is 13.4. The van der Waals surface area contributed by atoms with Gasteiger partial charge < -0.3 is 15.0 Å². The number of hydrogen-bond acceptors (Lipinski definition) is 6. The molecule has 1 atom stereocenters. The van der Waals surface area contributed by atoms with Gasteiger partial charge in [0, 0.05) is 25.1 Å². The number of hydrogen-bond donors (Lipinski definition) is 1. The lowest BCUT2D eigenvalue weighted by Crippen LogP contribution is -2.48. The van der Waals surface area contributed by atoms with Crippen molar-refractivity contribution in [3.05, 3.63) is 46.5 Å². The van der Waals surface area contributed by atoms with Gasteiger partial charge in [-0.15, -0.1) is 5.10 Å². The quantitative estimate of drug-likeness (QED) is 0.715. The summed E-state index contributed by atoms with van der Waals surface area (Å²) in [6, 6.07) is 7.14. The summed E-state index contributed by atoms with van der Waals surface area (Å²) in [5.74, 6) is -0.478. The molecule has 156 valence electrons. The van der Waals surface area contributed by atoms with Crippen molar-refractivity contribution in [2.75, 3.05) is 20.3 Å². The van der Waals surface area contributed by atoms with Gasteiger partial charge in [0.25, 0.3) is 5.91 Å². The van der Waals surface area contributed by atoms with Crippen LogP contribution >= 0.6 is 11.5 Å². The molecule has 1 N–H and O–H groups in total. The lowest BCUT2D eigenvalue weighted by molar-refractivity contribution is -0.127. The number of carbonyl (C=O) groups excluding carboxylic acids is 2. The van der Waals surface area contributed by atoms with Crippen molar-refractivity contribution >= 4 is 23.3 Å². The van der Waals surface area contributed by atoms with E-state index in [9.17, 15) is 9.59 Å². The highest BCUT2D eigenvalue weighted by atomic mass is 32.1. The fourth-order valence-corrected chi connectivity index (χ4v) is 4.12. The van der Waals surface area contributed by atoms with Gasteiger partial charge in [-0.25, -0.2) is 0 Å². The highest BCUT2D eigenvalue weighted by Gasteiger charge is 2.34. The molecule has 8 heteroatoms. The summed E-state index contributed by atoms with van der Waals surface area (Å²) in [5, 5.41) is 8.70. The van der Waals surface area contributed by atoms with Crippen molar-refractivity contribution in [3.8, 4) is 0 Å². The van der Waals surface area contributed by atoms with Gasteiger partial charge in [-0.2, -0.15) is 0 Å². The average molecular weight is 417 g/mol. The lowest BCUT2D eigenvalue weighted by Gasteiger charge is -2.33. The van der Waals surface area contributed by atoms with E-state index in [2.05, 4.69) is 14.9 Å². The first-order chi connectivity index (χ1) is 14.1. The predicted molar refractivity (Wildman–Crippen MR) is 112 cm³/mol. The second-order valence-corrected chi connectivity index (χ2v) is 8.05. The fourth-order valence-electron chi connectivity index (χ4n) is 3.69. The largest absolute Gasteiger partial charge is 0.383 e. The molecule has 1 aliphatic carbocycles. The highest BCUT2D eigenvalue weighted by Crippen LogP contribution is 2.25. The van der Waals surface area contributed by atoms with Crippen LogP contribution in [0.5, 0.6) is 0 Å². The van der Waals surface area contributed by atoms with Crippen LogP contribution in [0.1, 0.15) is 59.8 Å². The summed E-state index contributed by atoms with van der Waals surface area (Å²) < 4.78 is 9.02. The Bertz CT molecular complexity index is 789. The second-order valence-electron chi connectivity index (χ2n) is 7.44. The van der Waals surface area contributed by atoms with Crippen molar-refractivity contribution in [3.63, 3.8) is 0 Å². The number of aryl methyl sites for hydroxylation is 1. The number of methoxy groups -OCH3 is 1. The molecular formula is C21H28N4O3S. The second kappa shape index (κ2) is 10.5. The minimum Gasteiger partial charge on any atom is -0.383 e. The number of nitrogens with zero attached hydrogens (tertiary/aromatic N) is 3. The molecule has 0 spiro atoms. The number of amides is 2. The van der Waals surface area contributed by atoms with E-state index in [1.807, 2.05) is 31.2 Å². The summed E-state index contributed by atoms with van der Waals surface area (Å²) in [7, 11) is 1.58. The monoisotopic (exact) mass is 416 g/mol. The van der Waals surface area contributed by atoms with Gasteiger partial charge in [0.15, 0.2) is 5.69 Å². The van der Waals surface area contributed by atoms with E-state index >= 15 is 0 Å². The Morgan fingerprint density at radius 1 is 1.24 bits per heavy atom. The van der Waals surface area contributed by atoms with Crippen LogP contribution < -0.4 is 5.32 Å². The zero-order valence-corrected chi connectivity index (χ0v) is 17.8. The van der Waals surface area contributed by atoms with Gasteiger partial charge in [-0.3, -0.25) is 9.59 Å². The van der Waals surface area contributed by atoms with Crippen molar-refractivity contribution in [1.29, 1.82) is 0 Å². The molecule has 1 aromatic heterocycles. The molecule has 1 aromatic carbocycles. The Morgan fingerprint density at radius 3 is 2.59 bits per heavy atom. The maximum Gasteiger partial charge on any atom is 0.276 e. The summed E-state index contributed by atoms with van der Waals surface area (Å²) in [6.07, 6.45) is 5.42. The number of nitrogens with one attached hydrogen (secondary N) is 1. The molecule has 1 aliphatic rings. The van der Waals surface area contributed by atoms with Crippen LogP contribution in [0.25, 0.3) is 0 Å². The molecule has 0 bridgehead atoms. The smallest absolute Gasteiger partial charge is 0.276 e. The normalized spacial score (nSPS) is 15.7. The minimum atomic E-state index is -0.748. The first-order valence-electron chi connectivity index (χ1n) is 10.0. The van der Waals surface area contributed by atoms with Crippen LogP contribution in [0.2, 0.25) is 0 Å². The Labute approximate surface area is 175 Å². The van der Waals surface area contributed by atoms with Crippen LogP contribution in [0.4, 0.5) is 0 Å². The molecule has 3 rings (SSSR count). The topological polar surface area (TPSA) is 84.4 Å². The number of carbonyl (C=O) groups is 2. The fraction of sp³-hybridized carbons (Fsp3) is 0.524. The number of benzene rings is 1. The number of ether oxygens (including phenoxy) is 1. The third-order valence-electron chi connectivity index (χ3n) is 5.28. The Balaban J connectivity index is 1.92. The van der Waals surface area contributed by atoms with E-state index in [-0.39, 0.29) is 30.1 Å². The van der Waals surface area contributed by atoms with Crippen molar-refractivity contribution in [2.24, 2.45) is 0 Å². The predicted octanol–water partition coefficient (Wildman–Crippen LogP) is 3.13. The van der Waals surface area contributed by atoms with Crippen molar-refractivity contribution in [2.45, 2.75) is 51.1 Å². The Morgan fingerprint density at radius 2 is 1.97 bits per heavy atom. The molecular weight excluding hydrogens is 388 g/mol. The van der Waals surface area contributed by atoms with Gasteiger partial charge in [0.2, 0.25) is 5.91 Å². The maximum atomic E-state index is 13.4. The molecule has 1 heterocycles. The molecule has 7 nitrogen and oxygen atoms in total. The van der Waals surface area contributed by atoms with Crippen LogP contribution in [-0.2, 0) is 9.53 Å². The first-order valence-corrected chi connectivity index (χ1v) is 10.9. The van der Waals surface area contributed by atoms with Crippen molar-refractivity contribution < 1.29 is 14.3 Å². The molecule has 2 amide bonds. The first kappa shape index (κ1) is 21.4. The summed E-state index contributed by atoms with van der Waals surface area (Å²) >= 11 is 1.12. The molecule has 29 heavy (non-hydrogen) atoms. The van der Waals surface area contributed by atoms with Gasteiger partial charge in [0.1, 0.15) is 6.04 Å². The molecule has 1 fully saturated rings. The SMILES string of the molecule is COCCN(C(=O)c1csnn1)[C@H](C(=O)NC1CCCCC1)c1ccc(C)cc1. The zero-order chi connectivity index (χ0) is 20.6. The van der Waals surface area contributed by atoms with Crippen LogP contribution in [-0.4, -0.2) is 52.6 Å². The van der Waals surface area contributed by atoms with Crippen LogP contribution in [0.15, 0.2) is 29.6 Å². The van der Waals surface area contributed by atoms with E-state index in [0.717, 1.165) is 48.3 Å². The summed E-state index contributed by atoms with van der Waals surface area (Å²) in [4.78, 5) is 28.1. The standard InChI is InChI=1S/C21H28N4O3S/c1-15-8-10-16(11-9-15)19(20(26)22-17-6-4-3-5-7-17)25(12-13-28-2)21(27)18-14-29-24-23-18/h8-11,14,17,19H,3-7,12-13H2,1-2H3,(H,22,26)/t19-/m0/s1. The molecule has 0 unspecified atom stereocenters. The molecule has 1 saturated carbocycles. The average Bonchev–Trinajstić information content (AvgIpc) is 3.27. The third kappa shape index (κ3) is 5.61. The Kier molecular flexibility index (Phi) is 7.71. The van der Waals surface area contributed by atoms with Gasteiger partial charge in [-0.1, -0.05) is 53.6 Å². The van der Waals surface area contributed by atoms with E-state index < -0.39 is 6.04 Å². The van der Waals surface area contributed by atoms with E-state index in [4.69, 9.17) is 4.74 Å². The van der Waals surface area contributed by atoms with Gasteiger partial charge >= 0.3 is 0 Å². The number of aromatic nitrogens is 2. The molecule has 2 aromatic rings.